The first-order valence-electron chi connectivity index (χ1n) is 7.17. The minimum absolute atomic E-state index is 0.0420. The number of rotatable bonds is 2. The first-order chi connectivity index (χ1) is 11.6. The second kappa shape index (κ2) is 6.49. The van der Waals surface area contributed by atoms with Crippen LogP contribution in [0.3, 0.4) is 0 Å². The predicted octanol–water partition coefficient (Wildman–Crippen LogP) is 4.70. The fourth-order valence-electron chi connectivity index (χ4n) is 2.45. The fraction of sp³-hybridized carbons (Fsp3) is 0.429. The van der Waals surface area contributed by atoms with Gasteiger partial charge in [-0.25, -0.2) is 8.78 Å². The zero-order valence-electron chi connectivity index (χ0n) is 12.5. The van der Waals surface area contributed by atoms with E-state index in [1.54, 1.807) is 0 Å². The highest BCUT2D eigenvalue weighted by atomic mass is 127. The van der Waals surface area contributed by atoms with E-state index in [4.69, 9.17) is 0 Å². The Morgan fingerprint density at radius 1 is 1.24 bits per heavy atom. The van der Waals surface area contributed by atoms with Crippen LogP contribution in [-0.4, -0.2) is 37.8 Å². The van der Waals surface area contributed by atoms with E-state index < -0.39 is 23.7 Å². The molecule has 1 fully saturated rings. The fourth-order valence-corrected chi connectivity index (χ4v) is 4.03. The Morgan fingerprint density at radius 2 is 1.88 bits per heavy atom. The van der Waals surface area contributed by atoms with E-state index >= 15 is 0 Å². The van der Waals surface area contributed by atoms with Gasteiger partial charge < -0.3 is 4.90 Å². The van der Waals surface area contributed by atoms with Crippen LogP contribution in [0.1, 0.15) is 28.2 Å². The molecule has 11 heteroatoms. The molecule has 3 heterocycles. The molecule has 1 aliphatic heterocycles. The molecular weight excluding hydrogens is 480 g/mol. The van der Waals surface area contributed by atoms with Crippen molar-refractivity contribution in [2.75, 3.05) is 13.1 Å². The van der Waals surface area contributed by atoms with Crippen molar-refractivity contribution in [2.45, 2.75) is 24.9 Å². The van der Waals surface area contributed by atoms with E-state index in [9.17, 15) is 26.7 Å². The molecule has 1 amide bonds. The number of alkyl halides is 5. The molecule has 0 aliphatic carbocycles. The molecule has 0 radical (unpaired) electrons. The maximum atomic E-state index is 13.2. The molecular formula is C14H11F5IN3OS. The van der Waals surface area contributed by atoms with E-state index in [2.05, 4.69) is 5.10 Å². The van der Waals surface area contributed by atoms with Crippen molar-refractivity contribution >= 4 is 40.1 Å². The van der Waals surface area contributed by atoms with Gasteiger partial charge in [0, 0.05) is 25.9 Å². The second-order valence-corrected chi connectivity index (χ2v) is 7.58. The van der Waals surface area contributed by atoms with Crippen LogP contribution >= 0.6 is 34.2 Å². The van der Waals surface area contributed by atoms with Gasteiger partial charge in [0.05, 0.1) is 32.6 Å². The number of carbonyl (C=O) groups excluding carboxylic acids is 1. The van der Waals surface area contributed by atoms with Crippen molar-refractivity contribution in [3.63, 3.8) is 0 Å². The average molecular weight is 491 g/mol. The van der Waals surface area contributed by atoms with Crippen molar-refractivity contribution in [1.29, 1.82) is 0 Å². The Morgan fingerprint density at radius 3 is 2.44 bits per heavy atom. The predicted molar refractivity (Wildman–Crippen MR) is 90.0 cm³/mol. The summed E-state index contributed by atoms with van der Waals surface area (Å²) in [4.78, 5) is 14.4. The quantitative estimate of drug-likeness (QED) is 0.452. The maximum absolute atomic E-state index is 13.2. The molecule has 136 valence electrons. The summed E-state index contributed by atoms with van der Waals surface area (Å²) in [5.41, 5.74) is -0.793. The van der Waals surface area contributed by atoms with Gasteiger partial charge in [-0.1, -0.05) is 0 Å². The van der Waals surface area contributed by atoms with Gasteiger partial charge in [0.15, 0.2) is 5.69 Å². The highest BCUT2D eigenvalue weighted by Gasteiger charge is 2.37. The number of amides is 1. The molecule has 2 aromatic rings. The van der Waals surface area contributed by atoms with Crippen LogP contribution in [0.25, 0.3) is 10.6 Å². The topological polar surface area (TPSA) is 38.1 Å². The molecule has 25 heavy (non-hydrogen) atoms. The third-order valence-electron chi connectivity index (χ3n) is 3.81. The monoisotopic (exact) mass is 491 g/mol. The first-order valence-corrected chi connectivity index (χ1v) is 8.96. The molecule has 2 aromatic heterocycles. The Kier molecular flexibility index (Phi) is 4.81. The smallest absolute Gasteiger partial charge is 0.338 e. The van der Waals surface area contributed by atoms with E-state index in [1.165, 1.54) is 39.9 Å². The summed E-state index contributed by atoms with van der Waals surface area (Å²) in [6.07, 6.45) is -5.29. The van der Waals surface area contributed by atoms with Crippen LogP contribution in [0.2, 0.25) is 0 Å². The summed E-state index contributed by atoms with van der Waals surface area (Å²) in [5.74, 6) is -3.14. The summed E-state index contributed by atoms with van der Waals surface area (Å²) in [6, 6.07) is 3.90. The summed E-state index contributed by atoms with van der Waals surface area (Å²) >= 11 is 2.43. The SMILES string of the molecule is O=C(c1ccc(-c2cc(C(F)(F)F)n(I)n2)s1)N1CCC(F)(F)CC1. The molecule has 0 saturated carbocycles. The maximum Gasteiger partial charge on any atom is 0.433 e. The number of hydrogen-bond donors (Lipinski definition) is 0. The van der Waals surface area contributed by atoms with Crippen molar-refractivity contribution in [3.8, 4) is 10.6 Å². The van der Waals surface area contributed by atoms with E-state index in [-0.39, 0.29) is 36.5 Å². The van der Waals surface area contributed by atoms with Crippen molar-refractivity contribution < 1.29 is 26.7 Å². The summed E-state index contributed by atoms with van der Waals surface area (Å²) in [7, 11) is 0. The molecule has 1 saturated heterocycles. The van der Waals surface area contributed by atoms with Crippen LogP contribution in [0.4, 0.5) is 22.0 Å². The lowest BCUT2D eigenvalue weighted by atomic mass is 10.1. The molecule has 0 aromatic carbocycles. The van der Waals surface area contributed by atoms with Gasteiger partial charge >= 0.3 is 6.18 Å². The standard InChI is InChI=1S/C14H11F5IN3OS/c15-13(16)3-5-22(6-4-13)12(24)10-2-1-9(25-10)8-7-11(14(17,18)19)23(20)21-8/h1-2,7H,3-6H2. The van der Waals surface area contributed by atoms with E-state index in [0.717, 1.165) is 17.4 Å². The average Bonchev–Trinajstić information content (AvgIpc) is 3.12. The molecule has 0 atom stereocenters. The number of thiophene rings is 1. The van der Waals surface area contributed by atoms with E-state index in [0.29, 0.717) is 7.77 Å². The Balaban J connectivity index is 1.78. The van der Waals surface area contributed by atoms with E-state index in [1.807, 2.05) is 0 Å². The second-order valence-electron chi connectivity index (χ2n) is 5.58. The van der Waals surface area contributed by atoms with Crippen LogP contribution < -0.4 is 0 Å². The molecule has 3 rings (SSSR count). The molecule has 1 aliphatic rings. The van der Waals surface area contributed by atoms with Crippen molar-refractivity contribution in [2.24, 2.45) is 0 Å². The zero-order chi connectivity index (χ0) is 18.4. The van der Waals surface area contributed by atoms with Gasteiger partial charge in [0.2, 0.25) is 0 Å². The Labute approximate surface area is 157 Å². The van der Waals surface area contributed by atoms with Gasteiger partial charge in [0.25, 0.3) is 11.8 Å². The highest BCUT2D eigenvalue weighted by Crippen LogP contribution is 2.36. The normalized spacial score (nSPS) is 17.8. The van der Waals surface area contributed by atoms with Gasteiger partial charge in [-0.15, -0.1) is 11.3 Å². The number of halogens is 6. The number of nitrogens with zero attached hydrogens (tertiary/aromatic N) is 3. The van der Waals surface area contributed by atoms with Crippen LogP contribution in [0, 0.1) is 0 Å². The van der Waals surface area contributed by atoms with Gasteiger partial charge in [0.1, 0.15) is 5.69 Å². The molecule has 0 N–H and O–H groups in total. The van der Waals surface area contributed by atoms with Crippen LogP contribution in [0.5, 0.6) is 0 Å². The molecule has 0 bridgehead atoms. The number of carbonyl (C=O) groups is 1. The molecule has 4 nitrogen and oxygen atoms in total. The van der Waals surface area contributed by atoms with Gasteiger partial charge in [-0.05, 0) is 18.2 Å². The summed E-state index contributed by atoms with van der Waals surface area (Å²) < 4.78 is 65.5. The highest BCUT2D eigenvalue weighted by molar-refractivity contribution is 14.1. The largest absolute Gasteiger partial charge is 0.433 e. The molecule has 0 spiro atoms. The van der Waals surface area contributed by atoms with Gasteiger partial charge in [-0.3, -0.25) is 4.79 Å². The zero-order valence-corrected chi connectivity index (χ0v) is 15.5. The third-order valence-corrected chi connectivity index (χ3v) is 5.64. The number of aromatic nitrogens is 2. The minimum Gasteiger partial charge on any atom is -0.338 e. The Bertz CT molecular complexity index is 791. The van der Waals surface area contributed by atoms with Crippen LogP contribution in [-0.2, 0) is 6.18 Å². The summed E-state index contributed by atoms with van der Waals surface area (Å²) in [6.45, 7) is -0.0840. The van der Waals surface area contributed by atoms with Gasteiger partial charge in [-0.2, -0.15) is 21.2 Å². The first kappa shape index (κ1) is 18.5. The van der Waals surface area contributed by atoms with Crippen molar-refractivity contribution in [1.82, 2.24) is 12.9 Å². The third kappa shape index (κ3) is 3.96. The lowest BCUT2D eigenvalue weighted by molar-refractivity contribution is -0.141. The number of piperidine rings is 1. The minimum atomic E-state index is -4.53. The van der Waals surface area contributed by atoms with Crippen molar-refractivity contribution in [3.05, 3.63) is 28.8 Å². The van der Waals surface area contributed by atoms with Crippen LogP contribution in [0.15, 0.2) is 18.2 Å². The lowest BCUT2D eigenvalue weighted by Gasteiger charge is -2.31. The lowest BCUT2D eigenvalue weighted by Crippen LogP contribution is -2.42. The molecule has 0 unspecified atom stereocenters. The number of likely N-dealkylation sites (tertiary alicyclic amines) is 1. The summed E-state index contributed by atoms with van der Waals surface area (Å²) in [5, 5.41) is 3.82. The number of hydrogen-bond acceptors (Lipinski definition) is 3. The Hall–Kier alpha value is -1.24.